The van der Waals surface area contributed by atoms with Crippen molar-refractivity contribution >= 4 is 5.97 Å². The molecule has 5 nitrogen and oxygen atoms in total. The first-order valence-corrected chi connectivity index (χ1v) is 6.04. The molecule has 0 heterocycles. The third-order valence-electron chi connectivity index (χ3n) is 3.20. The first-order valence-electron chi connectivity index (χ1n) is 6.04. The summed E-state index contributed by atoms with van der Waals surface area (Å²) < 4.78 is 1.14. The number of hydrogen-bond donors (Lipinski definition) is 2. The summed E-state index contributed by atoms with van der Waals surface area (Å²) in [6.45, 7) is 1.03. The molecule has 5 heteroatoms. The predicted octanol–water partition coefficient (Wildman–Crippen LogP) is 0.309. The lowest BCUT2D eigenvalue weighted by atomic mass is 10.00. The summed E-state index contributed by atoms with van der Waals surface area (Å²) in [6.07, 6.45) is 2.34. The van der Waals surface area contributed by atoms with E-state index in [9.17, 15) is 9.90 Å². The van der Waals surface area contributed by atoms with E-state index in [1.54, 1.807) is 0 Å². The molecule has 0 aromatic heterocycles. The molecule has 3 N–H and O–H groups in total. The van der Waals surface area contributed by atoms with Crippen molar-refractivity contribution in [2.24, 2.45) is 5.73 Å². The van der Waals surface area contributed by atoms with Gasteiger partial charge in [0.05, 0.1) is 48.8 Å². The molecule has 0 aliphatic rings. The van der Waals surface area contributed by atoms with Gasteiger partial charge in [0.1, 0.15) is 0 Å². The number of nitrogens with two attached hydrogens (primary N) is 1. The average Bonchev–Trinajstić information content (AvgIpc) is 2.08. The van der Waals surface area contributed by atoms with Crippen LogP contribution in [0.5, 0.6) is 0 Å². The van der Waals surface area contributed by atoms with Gasteiger partial charge in [0.15, 0.2) is 0 Å². The van der Waals surface area contributed by atoms with E-state index in [4.69, 9.17) is 5.73 Å². The highest BCUT2D eigenvalue weighted by molar-refractivity contribution is 5.76. The van der Waals surface area contributed by atoms with E-state index < -0.39 is 11.6 Å². The summed E-state index contributed by atoms with van der Waals surface area (Å²) >= 11 is 0. The lowest BCUT2D eigenvalue weighted by molar-refractivity contribution is -0.914. The molecule has 17 heavy (non-hydrogen) atoms. The molecule has 0 aliphatic heterocycles. The first kappa shape index (κ1) is 16.4. The number of aliphatic carboxylic acids is 1. The van der Waals surface area contributed by atoms with Crippen LogP contribution in [0.1, 0.15) is 19.3 Å². The quantitative estimate of drug-likeness (QED) is 0.387. The molecule has 0 bridgehead atoms. The van der Waals surface area contributed by atoms with Crippen molar-refractivity contribution in [2.75, 3.05) is 48.8 Å². The summed E-state index contributed by atoms with van der Waals surface area (Å²) in [7, 11) is 11.9. The minimum atomic E-state index is -1.19. The molecule has 0 aliphatic carbocycles. The van der Waals surface area contributed by atoms with Gasteiger partial charge < -0.3 is 14.1 Å². The number of rotatable bonds is 7. The van der Waals surface area contributed by atoms with E-state index in [2.05, 4.69) is 21.1 Å². The van der Waals surface area contributed by atoms with E-state index in [-0.39, 0.29) is 4.48 Å². The molecule has 0 unspecified atom stereocenters. The Morgan fingerprint density at radius 2 is 1.59 bits per heavy atom. The molecule has 0 spiro atoms. The molecule has 0 fully saturated rings. The molecule has 1 atom stereocenters. The number of carbonyl (C=O) groups is 1. The van der Waals surface area contributed by atoms with Crippen molar-refractivity contribution in [3.63, 3.8) is 0 Å². The summed E-state index contributed by atoms with van der Waals surface area (Å²) in [4.78, 5) is 11.3. The zero-order valence-corrected chi connectivity index (χ0v) is 12.2. The van der Waals surface area contributed by atoms with Crippen LogP contribution in [0.3, 0.4) is 0 Å². The molecule has 0 rings (SSSR count). The Morgan fingerprint density at radius 1 is 1.12 bits per heavy atom. The lowest BCUT2D eigenvalue weighted by Gasteiger charge is -2.40. The van der Waals surface area contributed by atoms with Crippen LogP contribution in [0, 0.1) is 0 Å². The van der Waals surface area contributed by atoms with Gasteiger partial charge in [-0.2, -0.15) is 0 Å². The molecule has 0 radical (unpaired) electrons. The highest BCUT2D eigenvalue weighted by Gasteiger charge is 2.46. The summed E-state index contributed by atoms with van der Waals surface area (Å²) in [6, 6.07) is 0. The van der Waals surface area contributed by atoms with E-state index >= 15 is 0 Å². The van der Waals surface area contributed by atoms with Crippen LogP contribution in [-0.2, 0) is 4.79 Å². The van der Waals surface area contributed by atoms with Gasteiger partial charge in [0.2, 0.25) is 5.66 Å². The minimum Gasteiger partial charge on any atom is -0.476 e. The SMILES string of the molecule is C[N+](C)(C)CCCC[C@@](N)(C(=O)O)[N+](C)(C)C. The number of unbranched alkanes of at least 4 members (excludes halogenated alkanes) is 1. The van der Waals surface area contributed by atoms with Gasteiger partial charge in [0, 0.05) is 6.42 Å². The van der Waals surface area contributed by atoms with Crippen LogP contribution >= 0.6 is 0 Å². The molecule has 0 saturated heterocycles. The second kappa shape index (κ2) is 5.33. The third-order valence-corrected chi connectivity index (χ3v) is 3.20. The Morgan fingerprint density at radius 3 is 1.88 bits per heavy atom. The largest absolute Gasteiger partial charge is 0.476 e. The second-order valence-electron chi connectivity index (χ2n) is 6.71. The smallest absolute Gasteiger partial charge is 0.381 e. The number of hydrogen-bond acceptors (Lipinski definition) is 2. The summed E-state index contributed by atoms with van der Waals surface area (Å²) in [5, 5.41) is 9.28. The van der Waals surface area contributed by atoms with Crippen LogP contribution in [0.4, 0.5) is 0 Å². The number of nitrogens with zero attached hydrogens (tertiary/aromatic N) is 2. The van der Waals surface area contributed by atoms with Gasteiger partial charge in [-0.15, -0.1) is 0 Å². The van der Waals surface area contributed by atoms with Crippen molar-refractivity contribution in [1.29, 1.82) is 0 Å². The Hall–Kier alpha value is -0.650. The molecule has 0 saturated carbocycles. The lowest BCUT2D eigenvalue weighted by Crippen LogP contribution is -2.68. The zero-order chi connectivity index (χ0) is 13.9. The van der Waals surface area contributed by atoms with Crippen molar-refractivity contribution in [3.8, 4) is 0 Å². The third kappa shape index (κ3) is 5.02. The van der Waals surface area contributed by atoms with Crippen LogP contribution in [-0.4, -0.2) is 74.5 Å². The maximum Gasteiger partial charge on any atom is 0.381 e. The number of quaternary nitrogens is 2. The van der Waals surface area contributed by atoms with Gasteiger partial charge in [0.25, 0.3) is 0 Å². The highest BCUT2D eigenvalue weighted by atomic mass is 16.4. The van der Waals surface area contributed by atoms with Gasteiger partial charge in [-0.1, -0.05) is 0 Å². The van der Waals surface area contributed by atoms with Crippen molar-refractivity contribution in [2.45, 2.75) is 24.9 Å². The fourth-order valence-electron chi connectivity index (χ4n) is 1.71. The van der Waals surface area contributed by atoms with E-state index in [0.717, 1.165) is 23.9 Å². The summed E-state index contributed by atoms with van der Waals surface area (Å²) in [5.41, 5.74) is 4.85. The van der Waals surface area contributed by atoms with Gasteiger partial charge in [-0.05, 0) is 12.8 Å². The molecule has 0 aromatic carbocycles. The van der Waals surface area contributed by atoms with Gasteiger partial charge >= 0.3 is 5.97 Å². The van der Waals surface area contributed by atoms with Crippen LogP contribution in [0.25, 0.3) is 0 Å². The first-order chi connectivity index (χ1) is 7.40. The zero-order valence-electron chi connectivity index (χ0n) is 12.2. The standard InChI is InChI=1S/C12H28N3O2/c1-14(2,3)10-8-7-9-12(13,11(16)17)15(4,5)6/h7-10,13H2,1-6H3/q+1/p+1/t12-/m0/s1. The van der Waals surface area contributed by atoms with Crippen molar-refractivity contribution in [3.05, 3.63) is 0 Å². The topological polar surface area (TPSA) is 63.3 Å². The predicted molar refractivity (Wildman–Crippen MR) is 69.3 cm³/mol. The number of likely N-dealkylation sites (N-methyl/N-ethyl adjacent to an activating group) is 1. The highest BCUT2D eigenvalue weighted by Crippen LogP contribution is 2.20. The maximum absolute atomic E-state index is 11.3. The Kier molecular flexibility index (Phi) is 5.13. The summed E-state index contributed by atoms with van der Waals surface area (Å²) in [5.74, 6) is -0.921. The van der Waals surface area contributed by atoms with Crippen LogP contribution in [0.15, 0.2) is 0 Å². The fraction of sp³-hybridized carbons (Fsp3) is 0.917. The molecule has 0 amide bonds. The van der Waals surface area contributed by atoms with Gasteiger partial charge in [-0.25, -0.2) is 4.79 Å². The minimum absolute atomic E-state index is 0.243. The van der Waals surface area contributed by atoms with E-state index in [1.165, 1.54) is 0 Å². The van der Waals surface area contributed by atoms with Crippen LogP contribution in [0.2, 0.25) is 0 Å². The molecular formula is C12H29N3O2+2. The normalized spacial score (nSPS) is 16.6. The van der Waals surface area contributed by atoms with E-state index in [1.807, 2.05) is 21.1 Å². The molecule has 0 aromatic rings. The average molecular weight is 247 g/mol. The maximum atomic E-state index is 11.3. The number of carboxylic acid groups (broad SMARTS) is 1. The second-order valence-corrected chi connectivity index (χ2v) is 6.71. The van der Waals surface area contributed by atoms with Crippen molar-refractivity contribution < 1.29 is 18.9 Å². The number of carboxylic acids is 1. The van der Waals surface area contributed by atoms with E-state index in [0.29, 0.717) is 6.42 Å². The molecular weight excluding hydrogens is 218 g/mol. The van der Waals surface area contributed by atoms with Crippen LogP contribution < -0.4 is 5.73 Å². The Balaban J connectivity index is 4.37. The monoisotopic (exact) mass is 247 g/mol. The van der Waals surface area contributed by atoms with Crippen molar-refractivity contribution in [1.82, 2.24) is 0 Å². The Bertz CT molecular complexity index is 266. The van der Waals surface area contributed by atoms with Gasteiger partial charge in [-0.3, -0.25) is 5.73 Å². The fourth-order valence-corrected chi connectivity index (χ4v) is 1.71. The Labute approximate surface area is 105 Å². The molecule has 102 valence electrons.